The molecule has 2 heteroatoms. The molecule has 3 unspecified atom stereocenters. The molecule has 1 aromatic rings. The van der Waals surface area contributed by atoms with Crippen LogP contribution in [-0.2, 0) is 0 Å². The fourth-order valence-corrected chi connectivity index (χ4v) is 3.55. The Morgan fingerprint density at radius 1 is 1.17 bits per heavy atom. The van der Waals surface area contributed by atoms with Crippen molar-refractivity contribution in [3.05, 3.63) is 35.9 Å². The predicted octanol–water partition coefficient (Wildman–Crippen LogP) is 2.47. The van der Waals surface area contributed by atoms with Crippen molar-refractivity contribution in [3.8, 4) is 0 Å². The molecule has 2 nitrogen and oxygen atoms in total. The van der Waals surface area contributed by atoms with Crippen LogP contribution >= 0.6 is 0 Å². The Kier molecular flexibility index (Phi) is 3.67. The first-order valence-corrected chi connectivity index (χ1v) is 7.34. The van der Waals surface area contributed by atoms with E-state index in [-0.39, 0.29) is 0 Å². The highest BCUT2D eigenvalue weighted by atomic mass is 15.2. The Bertz CT molecular complexity index is 376. The van der Waals surface area contributed by atoms with Crippen LogP contribution in [0.25, 0.3) is 0 Å². The molecule has 2 saturated heterocycles. The van der Waals surface area contributed by atoms with Crippen molar-refractivity contribution in [2.24, 2.45) is 5.92 Å². The minimum Gasteiger partial charge on any atom is -0.315 e. The van der Waals surface area contributed by atoms with Crippen molar-refractivity contribution in [1.29, 1.82) is 0 Å². The summed E-state index contributed by atoms with van der Waals surface area (Å²) in [7, 11) is 0. The highest BCUT2D eigenvalue weighted by Gasteiger charge is 2.32. The van der Waals surface area contributed by atoms with Crippen LogP contribution in [0.2, 0.25) is 0 Å². The lowest BCUT2D eigenvalue weighted by Crippen LogP contribution is -2.49. The van der Waals surface area contributed by atoms with Gasteiger partial charge in [-0.2, -0.15) is 0 Å². The van der Waals surface area contributed by atoms with Crippen LogP contribution in [0.3, 0.4) is 0 Å². The zero-order valence-electron chi connectivity index (χ0n) is 11.3. The van der Waals surface area contributed by atoms with Gasteiger partial charge in [0.05, 0.1) is 0 Å². The molecule has 0 radical (unpaired) electrons. The van der Waals surface area contributed by atoms with E-state index in [1.807, 2.05) is 0 Å². The first-order chi connectivity index (χ1) is 8.84. The molecule has 0 bridgehead atoms. The lowest BCUT2D eigenvalue weighted by atomic mass is 9.93. The van der Waals surface area contributed by atoms with Gasteiger partial charge in [0, 0.05) is 19.1 Å². The van der Waals surface area contributed by atoms with Crippen LogP contribution in [0, 0.1) is 5.92 Å². The summed E-state index contributed by atoms with van der Waals surface area (Å²) >= 11 is 0. The minimum absolute atomic E-state index is 0.750. The fraction of sp³-hybridized carbons (Fsp3) is 0.625. The van der Waals surface area contributed by atoms with E-state index in [0.29, 0.717) is 0 Å². The summed E-state index contributed by atoms with van der Waals surface area (Å²) in [4.78, 5) is 2.72. The third-order valence-electron chi connectivity index (χ3n) is 4.75. The van der Waals surface area contributed by atoms with E-state index in [1.54, 1.807) is 0 Å². The van der Waals surface area contributed by atoms with Gasteiger partial charge in [0.15, 0.2) is 0 Å². The maximum Gasteiger partial charge on any atom is 0.0246 e. The number of nitrogens with zero attached hydrogens (tertiary/aromatic N) is 1. The molecule has 3 atom stereocenters. The van der Waals surface area contributed by atoms with E-state index >= 15 is 0 Å². The van der Waals surface area contributed by atoms with Crippen LogP contribution in [0.15, 0.2) is 30.3 Å². The van der Waals surface area contributed by atoms with Gasteiger partial charge in [-0.25, -0.2) is 0 Å². The van der Waals surface area contributed by atoms with Crippen molar-refractivity contribution in [2.45, 2.75) is 31.7 Å². The van der Waals surface area contributed by atoms with E-state index in [0.717, 1.165) is 17.9 Å². The molecule has 2 fully saturated rings. The molecule has 0 amide bonds. The molecule has 2 aliphatic rings. The second-order valence-corrected chi connectivity index (χ2v) is 5.93. The summed E-state index contributed by atoms with van der Waals surface area (Å²) in [5, 5.41) is 3.56. The van der Waals surface area contributed by atoms with Gasteiger partial charge in [-0.3, -0.25) is 4.90 Å². The SMILES string of the molecule is CC1CCNCC1N1CCC(c2ccccc2)C1. The summed E-state index contributed by atoms with van der Waals surface area (Å²) < 4.78 is 0. The van der Waals surface area contributed by atoms with Gasteiger partial charge in [-0.1, -0.05) is 37.3 Å². The van der Waals surface area contributed by atoms with Crippen LogP contribution in [0.5, 0.6) is 0 Å². The number of nitrogens with one attached hydrogen (secondary N) is 1. The van der Waals surface area contributed by atoms with Crippen molar-refractivity contribution in [1.82, 2.24) is 10.2 Å². The van der Waals surface area contributed by atoms with Gasteiger partial charge in [-0.05, 0) is 43.3 Å². The number of piperidine rings is 1. The first kappa shape index (κ1) is 12.2. The monoisotopic (exact) mass is 244 g/mol. The Morgan fingerprint density at radius 3 is 2.78 bits per heavy atom. The van der Waals surface area contributed by atoms with E-state index in [2.05, 4.69) is 47.5 Å². The second kappa shape index (κ2) is 5.41. The normalized spacial score (nSPS) is 33.7. The summed E-state index contributed by atoms with van der Waals surface area (Å²) in [5.41, 5.74) is 1.52. The average molecular weight is 244 g/mol. The molecular weight excluding hydrogens is 220 g/mol. The highest BCUT2D eigenvalue weighted by molar-refractivity contribution is 5.21. The summed E-state index contributed by atoms with van der Waals surface area (Å²) in [6, 6.07) is 11.8. The molecule has 0 spiro atoms. The predicted molar refractivity (Wildman–Crippen MR) is 75.8 cm³/mol. The molecule has 3 rings (SSSR count). The standard InChI is InChI=1S/C16H24N2/c1-13-7-9-17-11-16(13)18-10-8-15(12-18)14-5-3-2-4-6-14/h2-6,13,15-17H,7-12H2,1H3. The molecule has 1 N–H and O–H groups in total. The van der Waals surface area contributed by atoms with Crippen molar-refractivity contribution in [3.63, 3.8) is 0 Å². The Morgan fingerprint density at radius 2 is 2.00 bits per heavy atom. The highest BCUT2D eigenvalue weighted by Crippen LogP contribution is 2.30. The molecule has 2 heterocycles. The van der Waals surface area contributed by atoms with Crippen molar-refractivity contribution >= 4 is 0 Å². The van der Waals surface area contributed by atoms with Crippen LogP contribution in [0.4, 0.5) is 0 Å². The third-order valence-corrected chi connectivity index (χ3v) is 4.75. The van der Waals surface area contributed by atoms with E-state index in [9.17, 15) is 0 Å². The lowest BCUT2D eigenvalue weighted by molar-refractivity contribution is 0.149. The lowest BCUT2D eigenvalue weighted by Gasteiger charge is -2.36. The number of rotatable bonds is 2. The maximum absolute atomic E-state index is 3.56. The third kappa shape index (κ3) is 2.45. The molecular formula is C16H24N2. The van der Waals surface area contributed by atoms with Gasteiger partial charge in [0.25, 0.3) is 0 Å². The van der Waals surface area contributed by atoms with Crippen LogP contribution in [0.1, 0.15) is 31.2 Å². The van der Waals surface area contributed by atoms with Crippen LogP contribution < -0.4 is 5.32 Å². The van der Waals surface area contributed by atoms with Gasteiger partial charge in [-0.15, -0.1) is 0 Å². The zero-order chi connectivity index (χ0) is 12.4. The Labute approximate surface area is 110 Å². The van der Waals surface area contributed by atoms with E-state index in [4.69, 9.17) is 0 Å². The van der Waals surface area contributed by atoms with Crippen molar-refractivity contribution < 1.29 is 0 Å². The van der Waals surface area contributed by atoms with Crippen LogP contribution in [-0.4, -0.2) is 37.1 Å². The van der Waals surface area contributed by atoms with Gasteiger partial charge >= 0.3 is 0 Å². The topological polar surface area (TPSA) is 15.3 Å². The summed E-state index contributed by atoms with van der Waals surface area (Å²) in [6.07, 6.45) is 2.66. The number of hydrogen-bond acceptors (Lipinski definition) is 2. The molecule has 98 valence electrons. The van der Waals surface area contributed by atoms with Gasteiger partial charge in [0.1, 0.15) is 0 Å². The van der Waals surface area contributed by atoms with Gasteiger partial charge in [0.2, 0.25) is 0 Å². The molecule has 0 aliphatic carbocycles. The molecule has 18 heavy (non-hydrogen) atoms. The summed E-state index contributed by atoms with van der Waals surface area (Å²) in [5.74, 6) is 1.60. The number of likely N-dealkylation sites (tertiary alicyclic amines) is 1. The van der Waals surface area contributed by atoms with E-state index < -0.39 is 0 Å². The largest absolute Gasteiger partial charge is 0.315 e. The molecule has 0 aromatic heterocycles. The second-order valence-electron chi connectivity index (χ2n) is 5.93. The first-order valence-electron chi connectivity index (χ1n) is 7.34. The smallest absolute Gasteiger partial charge is 0.0246 e. The number of benzene rings is 1. The quantitative estimate of drug-likeness (QED) is 0.860. The fourth-order valence-electron chi connectivity index (χ4n) is 3.55. The molecule has 1 aromatic carbocycles. The Hall–Kier alpha value is -0.860. The van der Waals surface area contributed by atoms with Crippen molar-refractivity contribution in [2.75, 3.05) is 26.2 Å². The van der Waals surface area contributed by atoms with E-state index in [1.165, 1.54) is 44.6 Å². The van der Waals surface area contributed by atoms with Gasteiger partial charge < -0.3 is 5.32 Å². The minimum atomic E-state index is 0.750. The number of hydrogen-bond donors (Lipinski definition) is 1. The molecule has 2 aliphatic heterocycles. The Balaban J connectivity index is 1.64. The maximum atomic E-state index is 3.56. The molecule has 0 saturated carbocycles. The zero-order valence-corrected chi connectivity index (χ0v) is 11.3. The average Bonchev–Trinajstić information content (AvgIpc) is 2.90. The summed E-state index contributed by atoms with van der Waals surface area (Å²) in [6.45, 7) is 7.33.